The molecule has 7 nitrogen and oxygen atoms in total. The predicted molar refractivity (Wildman–Crippen MR) is 63.2 cm³/mol. The van der Waals surface area contributed by atoms with Crippen molar-refractivity contribution in [2.45, 2.75) is 25.3 Å². The van der Waals surface area contributed by atoms with Gasteiger partial charge in [-0.2, -0.15) is 0 Å². The lowest BCUT2D eigenvalue weighted by Gasteiger charge is -2.31. The molecule has 0 amide bonds. The van der Waals surface area contributed by atoms with Gasteiger partial charge < -0.3 is 20.4 Å². The van der Waals surface area contributed by atoms with Gasteiger partial charge in [0.2, 0.25) is 0 Å². The van der Waals surface area contributed by atoms with Crippen LogP contribution in [0, 0.1) is 0 Å². The van der Waals surface area contributed by atoms with E-state index in [1.54, 1.807) is 6.92 Å². The first kappa shape index (κ1) is 14.1. The lowest BCUT2D eigenvalue weighted by Crippen LogP contribution is -2.56. The van der Waals surface area contributed by atoms with E-state index in [1.807, 2.05) is 0 Å². The van der Waals surface area contributed by atoms with E-state index in [0.29, 0.717) is 5.56 Å². The van der Waals surface area contributed by atoms with E-state index in [0.717, 1.165) is 0 Å². The summed E-state index contributed by atoms with van der Waals surface area (Å²) in [7, 11) is 0. The molecule has 0 aliphatic rings. The second kappa shape index (κ2) is 4.71. The van der Waals surface area contributed by atoms with Gasteiger partial charge in [-0.25, -0.2) is 5.43 Å². The highest BCUT2D eigenvalue weighted by molar-refractivity contribution is 5.80. The quantitative estimate of drug-likeness (QED) is 0.257. The van der Waals surface area contributed by atoms with E-state index in [9.17, 15) is 20.1 Å². The van der Waals surface area contributed by atoms with Crippen molar-refractivity contribution >= 4 is 5.97 Å². The Bertz CT molecular complexity index is 453. The third-order valence-corrected chi connectivity index (χ3v) is 3.20. The van der Waals surface area contributed by atoms with Gasteiger partial charge in [-0.1, -0.05) is 6.92 Å². The van der Waals surface area contributed by atoms with Crippen LogP contribution in [0.25, 0.3) is 0 Å². The molecule has 7 heteroatoms. The van der Waals surface area contributed by atoms with Crippen LogP contribution in [0.5, 0.6) is 17.2 Å². The number of benzene rings is 1. The first-order valence-electron chi connectivity index (χ1n) is 5.20. The molecule has 0 saturated heterocycles. The molecule has 7 N–H and O–H groups in total. The Morgan fingerprint density at radius 3 is 2.11 bits per heavy atom. The van der Waals surface area contributed by atoms with E-state index in [4.69, 9.17) is 10.9 Å². The summed E-state index contributed by atoms with van der Waals surface area (Å²) in [5.41, 5.74) is 1.05. The molecule has 100 valence electrons. The summed E-state index contributed by atoms with van der Waals surface area (Å²) in [6.07, 6.45) is 0. The number of carboxylic acids is 1. The number of carboxylic acid groups (broad SMARTS) is 1. The summed E-state index contributed by atoms with van der Waals surface area (Å²) in [5.74, 6) is 1.71. The molecule has 0 heterocycles. The zero-order valence-electron chi connectivity index (χ0n) is 10.0. The van der Waals surface area contributed by atoms with Gasteiger partial charge in [0.15, 0.2) is 17.2 Å². The highest BCUT2D eigenvalue weighted by Gasteiger charge is 2.39. The van der Waals surface area contributed by atoms with Crippen molar-refractivity contribution < 1.29 is 25.2 Å². The van der Waals surface area contributed by atoms with E-state index in [-0.39, 0.29) is 0 Å². The van der Waals surface area contributed by atoms with Crippen LogP contribution in [0.4, 0.5) is 0 Å². The molecule has 0 aliphatic carbocycles. The Labute approximate surface area is 103 Å². The third kappa shape index (κ3) is 2.18. The third-order valence-electron chi connectivity index (χ3n) is 3.20. The molecule has 0 spiro atoms. The van der Waals surface area contributed by atoms with Crippen LogP contribution >= 0.6 is 0 Å². The van der Waals surface area contributed by atoms with Crippen LogP contribution in [-0.4, -0.2) is 31.9 Å². The fourth-order valence-corrected chi connectivity index (χ4v) is 1.58. The summed E-state index contributed by atoms with van der Waals surface area (Å²) >= 11 is 0. The number of carbonyl (C=O) groups is 1. The zero-order chi connectivity index (χ0) is 14.1. The molecule has 0 bridgehead atoms. The minimum atomic E-state index is -1.48. The van der Waals surface area contributed by atoms with Crippen molar-refractivity contribution in [1.29, 1.82) is 0 Å². The maximum absolute atomic E-state index is 11.2. The standard InChI is InChI=1S/C11H16N2O5/c1-5(11(2,13-12)10(17)18)6-3-7(14)9(16)8(15)4-6/h3-5,13-16H,12H2,1-2H3,(H,17,18). The number of aliphatic carboxylic acids is 1. The maximum Gasteiger partial charge on any atom is 0.325 e. The molecule has 2 unspecified atom stereocenters. The monoisotopic (exact) mass is 256 g/mol. The number of phenolic OH excluding ortho intramolecular Hbond substituents is 3. The van der Waals surface area contributed by atoms with Gasteiger partial charge >= 0.3 is 5.97 Å². The van der Waals surface area contributed by atoms with Crippen LogP contribution in [0.3, 0.4) is 0 Å². The second-order valence-corrected chi connectivity index (χ2v) is 4.28. The van der Waals surface area contributed by atoms with Crippen molar-refractivity contribution in [1.82, 2.24) is 5.43 Å². The molecular weight excluding hydrogens is 240 g/mol. The van der Waals surface area contributed by atoms with Gasteiger partial charge in [0.1, 0.15) is 5.54 Å². The Morgan fingerprint density at radius 2 is 1.78 bits per heavy atom. The summed E-state index contributed by atoms with van der Waals surface area (Å²) in [4.78, 5) is 11.2. The van der Waals surface area contributed by atoms with E-state index >= 15 is 0 Å². The smallest absolute Gasteiger partial charge is 0.325 e. The van der Waals surface area contributed by atoms with E-state index in [1.165, 1.54) is 19.1 Å². The first-order valence-corrected chi connectivity index (χ1v) is 5.20. The Kier molecular flexibility index (Phi) is 3.68. The second-order valence-electron chi connectivity index (χ2n) is 4.28. The number of phenols is 3. The molecule has 2 atom stereocenters. The number of hydrogen-bond acceptors (Lipinski definition) is 6. The number of nitrogens with two attached hydrogens (primary N) is 1. The molecule has 1 aromatic rings. The van der Waals surface area contributed by atoms with E-state index in [2.05, 4.69) is 5.43 Å². The number of rotatable bonds is 4. The average Bonchev–Trinajstić information content (AvgIpc) is 2.33. The van der Waals surface area contributed by atoms with Crippen molar-refractivity contribution in [2.24, 2.45) is 5.84 Å². The van der Waals surface area contributed by atoms with Crippen molar-refractivity contribution in [3.8, 4) is 17.2 Å². The minimum Gasteiger partial charge on any atom is -0.504 e. The summed E-state index contributed by atoms with van der Waals surface area (Å²) in [6.45, 7) is 2.94. The molecule has 0 aromatic heterocycles. The van der Waals surface area contributed by atoms with Crippen LogP contribution in [0.15, 0.2) is 12.1 Å². The van der Waals surface area contributed by atoms with Crippen molar-refractivity contribution in [2.75, 3.05) is 0 Å². The van der Waals surface area contributed by atoms with Crippen LogP contribution in [0.1, 0.15) is 25.3 Å². The molecule has 0 radical (unpaired) electrons. The van der Waals surface area contributed by atoms with Gasteiger partial charge in [0.05, 0.1) is 0 Å². The van der Waals surface area contributed by atoms with Gasteiger partial charge in [0.25, 0.3) is 0 Å². The van der Waals surface area contributed by atoms with Gasteiger partial charge in [-0.15, -0.1) is 0 Å². The van der Waals surface area contributed by atoms with Gasteiger partial charge in [-0.05, 0) is 24.6 Å². The van der Waals surface area contributed by atoms with Crippen LogP contribution in [0.2, 0.25) is 0 Å². The Balaban J connectivity index is 3.26. The summed E-state index contributed by atoms with van der Waals surface area (Å²) in [6, 6.07) is 2.36. The lowest BCUT2D eigenvalue weighted by atomic mass is 9.82. The summed E-state index contributed by atoms with van der Waals surface area (Å²) < 4.78 is 0. The molecule has 0 aliphatic heterocycles. The zero-order valence-corrected chi connectivity index (χ0v) is 10.0. The summed E-state index contributed by atoms with van der Waals surface area (Å²) in [5, 5.41) is 37.2. The Morgan fingerprint density at radius 1 is 1.33 bits per heavy atom. The molecule has 0 fully saturated rings. The molecule has 1 aromatic carbocycles. The van der Waals surface area contributed by atoms with Crippen molar-refractivity contribution in [3.05, 3.63) is 17.7 Å². The maximum atomic E-state index is 11.2. The predicted octanol–water partition coefficient (Wildman–Crippen LogP) is 0.213. The number of nitrogens with one attached hydrogen (secondary N) is 1. The van der Waals surface area contributed by atoms with E-state index < -0.39 is 34.7 Å². The van der Waals surface area contributed by atoms with Gasteiger partial charge in [-0.3, -0.25) is 10.6 Å². The van der Waals surface area contributed by atoms with Crippen LogP contribution in [-0.2, 0) is 4.79 Å². The number of aromatic hydroxyl groups is 3. The minimum absolute atomic E-state index is 0.325. The first-order chi connectivity index (χ1) is 8.24. The molecule has 1 rings (SSSR count). The SMILES string of the molecule is CC(c1cc(O)c(O)c(O)c1)C(C)(NN)C(=O)O. The average molecular weight is 256 g/mol. The van der Waals surface area contributed by atoms with Gasteiger partial charge in [0, 0.05) is 5.92 Å². The highest BCUT2D eigenvalue weighted by atomic mass is 16.4. The lowest BCUT2D eigenvalue weighted by molar-refractivity contribution is -0.145. The normalized spacial score (nSPS) is 15.9. The molecule has 18 heavy (non-hydrogen) atoms. The number of hydrazine groups is 1. The fraction of sp³-hybridized carbons (Fsp3) is 0.364. The Hall–Kier alpha value is -1.99. The number of hydrogen-bond donors (Lipinski definition) is 6. The fourth-order valence-electron chi connectivity index (χ4n) is 1.58. The topological polar surface area (TPSA) is 136 Å². The largest absolute Gasteiger partial charge is 0.504 e. The molecule has 0 saturated carbocycles. The molecular formula is C11H16N2O5. The van der Waals surface area contributed by atoms with Crippen molar-refractivity contribution in [3.63, 3.8) is 0 Å². The highest BCUT2D eigenvalue weighted by Crippen LogP contribution is 2.39. The van der Waals surface area contributed by atoms with Crippen LogP contribution < -0.4 is 11.3 Å².